The van der Waals surface area contributed by atoms with Gasteiger partial charge in [-0.05, 0) is 0 Å². The molecular weight excluding hydrogens is 203 g/mol. The van der Waals surface area contributed by atoms with E-state index in [-0.39, 0.29) is 0 Å². The normalized spacial score (nSPS) is 13.9. The molecule has 0 heterocycles. The molecule has 0 amide bonds. The third-order valence-corrected chi connectivity index (χ3v) is 6.12. The van der Waals surface area contributed by atoms with Gasteiger partial charge in [0.15, 0.2) is 0 Å². The Kier molecular flexibility index (Phi) is 2.73. The molecule has 0 bridgehead atoms. The zero-order valence-electron chi connectivity index (χ0n) is 5.66. The van der Waals surface area contributed by atoms with Gasteiger partial charge >= 0.3 is 57.8 Å². The van der Waals surface area contributed by atoms with Crippen LogP contribution in [0.2, 0.25) is 19.6 Å². The molecule has 9 heavy (non-hydrogen) atoms. The summed E-state index contributed by atoms with van der Waals surface area (Å²) in [5.41, 5.74) is 0. The van der Waals surface area contributed by atoms with Crippen molar-refractivity contribution in [2.75, 3.05) is 0 Å². The molecule has 0 aliphatic rings. The Balaban J connectivity index is 3.90. The van der Waals surface area contributed by atoms with Crippen molar-refractivity contribution in [1.82, 2.24) is 0 Å². The number of hydrogen-bond donors (Lipinski definition) is 2. The zero-order valence-corrected chi connectivity index (χ0v) is 8.53. The number of hydrogen-bond acceptors (Lipinski definition) is 2. The van der Waals surface area contributed by atoms with Crippen molar-refractivity contribution in [3.05, 3.63) is 0 Å². The van der Waals surface area contributed by atoms with Crippen LogP contribution in [0.4, 0.5) is 0 Å². The minimum atomic E-state index is -4.78. The van der Waals surface area contributed by atoms with E-state index in [1.165, 1.54) is 0 Å². The van der Waals surface area contributed by atoms with Crippen LogP contribution >= 0.6 is 0 Å². The summed E-state index contributed by atoms with van der Waals surface area (Å²) in [5, 5.41) is 0. The molecule has 0 fully saturated rings. The molecule has 0 saturated heterocycles. The van der Waals surface area contributed by atoms with Gasteiger partial charge in [0.2, 0.25) is 0 Å². The average molecular weight is 214 g/mol. The molecule has 56 valence electrons. The van der Waals surface area contributed by atoms with Gasteiger partial charge in [0.1, 0.15) is 0 Å². The van der Waals surface area contributed by atoms with E-state index in [9.17, 15) is 3.74 Å². The van der Waals surface area contributed by atoms with Crippen molar-refractivity contribution in [2.24, 2.45) is 0 Å². The molecular formula is C3H11AsO4Si. The van der Waals surface area contributed by atoms with Crippen molar-refractivity contribution in [3.8, 4) is 0 Å². The van der Waals surface area contributed by atoms with Gasteiger partial charge in [-0.1, -0.05) is 0 Å². The van der Waals surface area contributed by atoms with E-state index in [1.54, 1.807) is 19.6 Å². The van der Waals surface area contributed by atoms with E-state index >= 15 is 0 Å². The Labute approximate surface area is 58.3 Å². The summed E-state index contributed by atoms with van der Waals surface area (Å²) in [6.45, 7) is 5.19. The van der Waals surface area contributed by atoms with Crippen LogP contribution in [0.5, 0.6) is 0 Å². The summed E-state index contributed by atoms with van der Waals surface area (Å²) in [6.07, 6.45) is 0. The van der Waals surface area contributed by atoms with E-state index in [4.69, 9.17) is 8.19 Å². The van der Waals surface area contributed by atoms with Gasteiger partial charge in [-0.3, -0.25) is 0 Å². The van der Waals surface area contributed by atoms with Crippen molar-refractivity contribution in [3.63, 3.8) is 0 Å². The molecule has 0 saturated carbocycles. The minimum absolute atomic E-state index is 1.73. The standard InChI is InChI=1S/C3H11AsO4Si/c1-9(2,3)8-4(5,6)7/h1-3H3,(H2,5,6,7). The summed E-state index contributed by atoms with van der Waals surface area (Å²) >= 11 is -4.78. The van der Waals surface area contributed by atoms with E-state index < -0.39 is 22.8 Å². The van der Waals surface area contributed by atoms with Gasteiger partial charge in [0.05, 0.1) is 0 Å². The van der Waals surface area contributed by atoms with Crippen LogP contribution in [0.1, 0.15) is 0 Å². The predicted molar refractivity (Wildman–Crippen MR) is 35.3 cm³/mol. The Hall–Kier alpha value is 0.455. The molecule has 0 aromatic rings. The Bertz CT molecular complexity index is 133. The van der Waals surface area contributed by atoms with Crippen LogP contribution in [-0.4, -0.2) is 31.0 Å². The number of rotatable bonds is 2. The molecule has 0 aliphatic carbocycles. The molecule has 4 nitrogen and oxygen atoms in total. The first-order chi connectivity index (χ1) is 3.71. The fourth-order valence-corrected chi connectivity index (χ4v) is 5.56. The first kappa shape index (κ1) is 9.46. The van der Waals surface area contributed by atoms with E-state index in [0.29, 0.717) is 0 Å². The topological polar surface area (TPSA) is 66.8 Å². The van der Waals surface area contributed by atoms with Crippen molar-refractivity contribution < 1.29 is 15.3 Å². The molecule has 0 unspecified atom stereocenters. The molecule has 0 aromatic heterocycles. The summed E-state index contributed by atoms with van der Waals surface area (Å²) in [4.78, 5) is 0. The monoisotopic (exact) mass is 214 g/mol. The Morgan fingerprint density at radius 1 is 1.33 bits per heavy atom. The van der Waals surface area contributed by atoms with Crippen LogP contribution in [-0.2, 0) is 7.15 Å². The summed E-state index contributed by atoms with van der Waals surface area (Å²) in [5.74, 6) is 0. The van der Waals surface area contributed by atoms with Gasteiger partial charge in [0, 0.05) is 0 Å². The predicted octanol–water partition coefficient (Wildman–Crippen LogP) is -0.311. The Morgan fingerprint density at radius 3 is 1.67 bits per heavy atom. The van der Waals surface area contributed by atoms with Crippen LogP contribution in [0, 0.1) is 0 Å². The third-order valence-electron chi connectivity index (χ3n) is 0.393. The molecule has 0 atom stereocenters. The van der Waals surface area contributed by atoms with Gasteiger partial charge in [-0.25, -0.2) is 0 Å². The zero-order chi connectivity index (χ0) is 7.71. The van der Waals surface area contributed by atoms with Crippen LogP contribution < -0.4 is 0 Å². The van der Waals surface area contributed by atoms with Crippen LogP contribution in [0.15, 0.2) is 0 Å². The van der Waals surface area contributed by atoms with Gasteiger partial charge in [-0.15, -0.1) is 0 Å². The molecule has 0 aromatic carbocycles. The second-order valence-corrected chi connectivity index (χ2v) is 10.3. The molecule has 6 heteroatoms. The fraction of sp³-hybridized carbons (Fsp3) is 1.00. The van der Waals surface area contributed by atoms with E-state index in [2.05, 4.69) is 3.42 Å². The molecule has 2 N–H and O–H groups in total. The first-order valence-corrected chi connectivity index (χ1v) is 9.09. The van der Waals surface area contributed by atoms with Crippen LogP contribution in [0.3, 0.4) is 0 Å². The second-order valence-electron chi connectivity index (χ2n) is 2.69. The van der Waals surface area contributed by atoms with E-state index in [1.807, 2.05) is 0 Å². The molecule has 0 spiro atoms. The fourth-order valence-electron chi connectivity index (χ4n) is 0.357. The van der Waals surface area contributed by atoms with Crippen molar-refractivity contribution in [1.29, 1.82) is 0 Å². The Morgan fingerprint density at radius 2 is 1.67 bits per heavy atom. The second kappa shape index (κ2) is 2.60. The maximum atomic E-state index is 10.2. The van der Waals surface area contributed by atoms with Crippen molar-refractivity contribution >= 4 is 22.8 Å². The van der Waals surface area contributed by atoms with Gasteiger partial charge in [0.25, 0.3) is 0 Å². The summed E-state index contributed by atoms with van der Waals surface area (Å²) in [6, 6.07) is 0. The van der Waals surface area contributed by atoms with E-state index in [0.717, 1.165) is 0 Å². The molecule has 0 aliphatic heterocycles. The van der Waals surface area contributed by atoms with Gasteiger partial charge in [-0.2, -0.15) is 0 Å². The summed E-state index contributed by atoms with van der Waals surface area (Å²) < 4.78 is 31.4. The first-order valence-electron chi connectivity index (χ1n) is 2.47. The summed E-state index contributed by atoms with van der Waals surface area (Å²) in [7, 11) is -2.03. The SMILES string of the molecule is C[Si](C)(C)O[As](=O)(O)O. The van der Waals surface area contributed by atoms with Crippen molar-refractivity contribution in [2.45, 2.75) is 19.6 Å². The maximum absolute atomic E-state index is 10.2. The third kappa shape index (κ3) is 8.46. The molecule has 0 rings (SSSR count). The average Bonchev–Trinajstić information content (AvgIpc) is 1.14. The quantitative estimate of drug-likeness (QED) is 0.619. The molecule has 0 radical (unpaired) electrons. The van der Waals surface area contributed by atoms with Gasteiger partial charge < -0.3 is 0 Å². The van der Waals surface area contributed by atoms with Crippen LogP contribution in [0.25, 0.3) is 0 Å².